The zero-order chi connectivity index (χ0) is 19.2. The summed E-state index contributed by atoms with van der Waals surface area (Å²) in [7, 11) is 1.60. The maximum absolute atomic E-state index is 13.4. The summed E-state index contributed by atoms with van der Waals surface area (Å²) in [5, 5.41) is 2.93. The Morgan fingerprint density at radius 1 is 1.22 bits per heavy atom. The number of hydrogen-bond donors (Lipinski definition) is 1. The number of methoxy groups -OCH3 is 1. The molecule has 0 unspecified atom stereocenters. The largest absolute Gasteiger partial charge is 0.496 e. The summed E-state index contributed by atoms with van der Waals surface area (Å²) in [4.78, 5) is 16.3. The van der Waals surface area contributed by atoms with Crippen LogP contribution in [0.15, 0.2) is 53.7 Å². The van der Waals surface area contributed by atoms with Crippen LogP contribution in [0.2, 0.25) is 0 Å². The number of carbonyl (C=O) groups is 1. The number of benzene rings is 2. The molecule has 1 aromatic heterocycles. The summed E-state index contributed by atoms with van der Waals surface area (Å²) >= 11 is 0.998. The van der Waals surface area contributed by atoms with Gasteiger partial charge in [-0.25, -0.2) is 4.98 Å². The third-order valence-corrected chi connectivity index (χ3v) is 4.95. The first-order chi connectivity index (χ1) is 13.1. The van der Waals surface area contributed by atoms with E-state index in [2.05, 4.69) is 10.3 Å². The fourth-order valence-corrected chi connectivity index (χ4v) is 3.58. The van der Waals surface area contributed by atoms with E-state index in [1.807, 2.05) is 24.3 Å². The van der Waals surface area contributed by atoms with Gasteiger partial charge in [0.2, 0.25) is 5.91 Å². The van der Waals surface area contributed by atoms with E-state index in [0.29, 0.717) is 24.0 Å². The number of rotatable bonds is 8. The quantitative estimate of drug-likeness (QED) is 0.592. The minimum atomic E-state index is -2.71. The molecule has 0 aliphatic rings. The summed E-state index contributed by atoms with van der Waals surface area (Å²) in [5.41, 5.74) is 1.83. The van der Waals surface area contributed by atoms with E-state index in [1.165, 1.54) is 0 Å². The molecule has 0 aliphatic heterocycles. The molecule has 0 bridgehead atoms. The number of imidazole rings is 1. The first-order valence-corrected chi connectivity index (χ1v) is 9.35. The number of aromatic nitrogens is 2. The molecule has 0 aliphatic carbocycles. The van der Waals surface area contributed by atoms with Gasteiger partial charge in [0, 0.05) is 6.54 Å². The van der Waals surface area contributed by atoms with Crippen LogP contribution in [0.4, 0.5) is 8.78 Å². The number of nitrogens with one attached hydrogen (secondary N) is 1. The normalized spacial score (nSPS) is 11.1. The summed E-state index contributed by atoms with van der Waals surface area (Å²) in [5.74, 6) is 0.552. The lowest BCUT2D eigenvalue weighted by molar-refractivity contribution is -0.118. The topological polar surface area (TPSA) is 56.1 Å². The maximum atomic E-state index is 13.4. The molecule has 1 heterocycles. The number of alkyl halides is 2. The molecule has 3 rings (SSSR count). The van der Waals surface area contributed by atoms with Gasteiger partial charge in [-0.1, -0.05) is 42.1 Å². The molecule has 1 amide bonds. The Balaban J connectivity index is 1.56. The highest BCUT2D eigenvalue weighted by molar-refractivity contribution is 7.99. The number of ether oxygens (including phenoxy) is 1. The number of fused-ring (bicyclic) bond motifs is 1. The first kappa shape index (κ1) is 19.2. The van der Waals surface area contributed by atoms with Crippen LogP contribution in [-0.2, 0) is 11.2 Å². The highest BCUT2D eigenvalue weighted by Gasteiger charge is 2.18. The Hall–Kier alpha value is -2.61. The van der Waals surface area contributed by atoms with E-state index >= 15 is 0 Å². The van der Waals surface area contributed by atoms with Crippen LogP contribution in [0.25, 0.3) is 11.0 Å². The van der Waals surface area contributed by atoms with E-state index in [9.17, 15) is 13.6 Å². The second-order valence-electron chi connectivity index (χ2n) is 5.73. The monoisotopic (exact) mass is 391 g/mol. The van der Waals surface area contributed by atoms with Crippen LogP contribution < -0.4 is 10.1 Å². The van der Waals surface area contributed by atoms with Gasteiger partial charge in [-0.2, -0.15) is 8.78 Å². The van der Waals surface area contributed by atoms with Gasteiger partial charge in [-0.3, -0.25) is 9.36 Å². The van der Waals surface area contributed by atoms with E-state index < -0.39 is 6.55 Å². The van der Waals surface area contributed by atoms with Gasteiger partial charge < -0.3 is 10.1 Å². The van der Waals surface area contributed by atoms with Crippen molar-refractivity contribution in [2.24, 2.45) is 0 Å². The zero-order valence-electron chi connectivity index (χ0n) is 14.7. The van der Waals surface area contributed by atoms with Crippen molar-refractivity contribution in [3.8, 4) is 5.75 Å². The van der Waals surface area contributed by atoms with Crippen LogP contribution in [0.1, 0.15) is 12.1 Å². The predicted octanol–water partition coefficient (Wildman–Crippen LogP) is 3.89. The summed E-state index contributed by atoms with van der Waals surface area (Å²) in [6.07, 6.45) is 0.621. The second-order valence-corrected chi connectivity index (χ2v) is 6.67. The third-order valence-electron chi connectivity index (χ3n) is 4.00. The minimum absolute atomic E-state index is 0.0158. The van der Waals surface area contributed by atoms with E-state index in [0.717, 1.165) is 27.6 Å². The SMILES string of the molecule is COc1ccccc1CCNC(=O)CSc1nc2ccccc2n1C(F)F. The molecule has 3 aromatic rings. The van der Waals surface area contributed by atoms with Crippen LogP contribution >= 0.6 is 11.8 Å². The van der Waals surface area contributed by atoms with Crippen LogP contribution in [-0.4, -0.2) is 34.9 Å². The van der Waals surface area contributed by atoms with Crippen molar-refractivity contribution in [3.05, 3.63) is 54.1 Å². The average molecular weight is 391 g/mol. The van der Waals surface area contributed by atoms with E-state index in [-0.39, 0.29) is 16.8 Å². The fourth-order valence-electron chi connectivity index (χ4n) is 2.74. The Morgan fingerprint density at radius 3 is 2.74 bits per heavy atom. The highest BCUT2D eigenvalue weighted by atomic mass is 32.2. The van der Waals surface area contributed by atoms with E-state index in [1.54, 1.807) is 31.4 Å². The standard InChI is InChI=1S/C19H19F2N3O2S/c1-26-16-9-5-2-6-13(16)10-11-22-17(25)12-27-19-23-14-7-3-4-8-15(14)24(19)18(20)21/h2-9,18H,10-12H2,1H3,(H,22,25). The molecule has 1 N–H and O–H groups in total. The number of nitrogens with zero attached hydrogens (tertiary/aromatic N) is 2. The Morgan fingerprint density at radius 2 is 1.96 bits per heavy atom. The van der Waals surface area contributed by atoms with Crippen LogP contribution in [0.5, 0.6) is 5.75 Å². The minimum Gasteiger partial charge on any atom is -0.496 e. The number of halogens is 2. The molecule has 0 saturated heterocycles. The predicted molar refractivity (Wildman–Crippen MR) is 101 cm³/mol. The first-order valence-electron chi connectivity index (χ1n) is 8.36. The molecule has 0 saturated carbocycles. The van der Waals surface area contributed by atoms with Gasteiger partial charge in [-0.15, -0.1) is 0 Å². The van der Waals surface area contributed by atoms with Crippen molar-refractivity contribution in [1.82, 2.24) is 14.9 Å². The number of amides is 1. The van der Waals surface area contributed by atoms with Gasteiger partial charge in [-0.05, 0) is 30.2 Å². The molecule has 0 atom stereocenters. The lowest BCUT2D eigenvalue weighted by Gasteiger charge is -2.09. The van der Waals surface area contributed by atoms with Gasteiger partial charge in [0.1, 0.15) is 5.75 Å². The van der Waals surface area contributed by atoms with E-state index in [4.69, 9.17) is 4.74 Å². The molecule has 2 aromatic carbocycles. The van der Waals surface area contributed by atoms with Crippen molar-refractivity contribution in [3.63, 3.8) is 0 Å². The van der Waals surface area contributed by atoms with Gasteiger partial charge in [0.05, 0.1) is 23.9 Å². The summed E-state index contributed by atoms with van der Waals surface area (Å²) in [6, 6.07) is 14.3. The molecule has 0 spiro atoms. The van der Waals surface area contributed by atoms with Gasteiger partial charge >= 0.3 is 6.55 Å². The zero-order valence-corrected chi connectivity index (χ0v) is 15.5. The van der Waals surface area contributed by atoms with Crippen LogP contribution in [0, 0.1) is 0 Å². The average Bonchev–Trinajstić information content (AvgIpc) is 3.05. The Bertz CT molecular complexity index is 930. The molecular weight excluding hydrogens is 372 g/mol. The summed E-state index contributed by atoms with van der Waals surface area (Å²) in [6.45, 7) is -2.28. The second kappa shape index (κ2) is 8.85. The van der Waals surface area contributed by atoms with Gasteiger partial charge in [0.15, 0.2) is 5.16 Å². The molecule has 0 radical (unpaired) electrons. The number of hydrogen-bond acceptors (Lipinski definition) is 4. The highest BCUT2D eigenvalue weighted by Crippen LogP contribution is 2.29. The number of thioether (sulfide) groups is 1. The number of para-hydroxylation sites is 3. The Kier molecular flexibility index (Phi) is 6.28. The fraction of sp³-hybridized carbons (Fsp3) is 0.263. The van der Waals surface area contributed by atoms with Crippen LogP contribution in [0.3, 0.4) is 0 Å². The number of carbonyl (C=O) groups excluding carboxylic acids is 1. The van der Waals surface area contributed by atoms with Crippen molar-refractivity contribution >= 4 is 28.7 Å². The summed E-state index contributed by atoms with van der Waals surface area (Å²) < 4.78 is 32.9. The van der Waals surface area contributed by atoms with Crippen molar-refractivity contribution in [1.29, 1.82) is 0 Å². The molecule has 0 fully saturated rings. The molecule has 8 heteroatoms. The van der Waals surface area contributed by atoms with Crippen molar-refractivity contribution in [2.75, 3.05) is 19.4 Å². The lowest BCUT2D eigenvalue weighted by atomic mass is 10.1. The maximum Gasteiger partial charge on any atom is 0.321 e. The third kappa shape index (κ3) is 4.57. The smallest absolute Gasteiger partial charge is 0.321 e. The molecular formula is C19H19F2N3O2S. The van der Waals surface area contributed by atoms with Gasteiger partial charge in [0.25, 0.3) is 0 Å². The molecule has 142 valence electrons. The van der Waals surface area contributed by atoms with Crippen molar-refractivity contribution < 1.29 is 18.3 Å². The molecule has 27 heavy (non-hydrogen) atoms. The lowest BCUT2D eigenvalue weighted by Crippen LogP contribution is -2.27. The Labute approximate surface area is 159 Å². The van der Waals surface area contributed by atoms with Crippen molar-refractivity contribution in [2.45, 2.75) is 18.1 Å². The molecule has 5 nitrogen and oxygen atoms in total.